The molecule has 0 aromatic heterocycles. The predicted molar refractivity (Wildman–Crippen MR) is 80.3 cm³/mol. The minimum Gasteiger partial charge on any atom is -0.392 e. The molecule has 2 heteroatoms. The highest BCUT2D eigenvalue weighted by Crippen LogP contribution is 2.26. The number of fused-ring (bicyclic) bond motifs is 1. The van der Waals surface area contributed by atoms with Gasteiger partial charge >= 0.3 is 0 Å². The molecule has 0 aliphatic heterocycles. The summed E-state index contributed by atoms with van der Waals surface area (Å²) in [4.78, 5) is 0. The second-order valence-electron chi connectivity index (χ2n) is 4.56. The zero-order chi connectivity index (χ0) is 13.2. The van der Waals surface area contributed by atoms with E-state index in [0.717, 1.165) is 32.5 Å². The van der Waals surface area contributed by atoms with Crippen molar-refractivity contribution in [1.82, 2.24) is 0 Å². The van der Waals surface area contributed by atoms with Crippen molar-refractivity contribution in [2.75, 3.05) is 0 Å². The van der Waals surface area contributed by atoms with Crippen molar-refractivity contribution in [3.63, 3.8) is 0 Å². The van der Waals surface area contributed by atoms with Gasteiger partial charge in [0, 0.05) is 5.02 Å². The van der Waals surface area contributed by atoms with Gasteiger partial charge in [-0.3, -0.25) is 0 Å². The maximum atomic E-state index is 9.15. The first kappa shape index (κ1) is 12.2. The lowest BCUT2D eigenvalue weighted by molar-refractivity contribution is 0.282. The summed E-state index contributed by atoms with van der Waals surface area (Å²) in [6.45, 7) is 0.0754. The van der Waals surface area contributed by atoms with E-state index in [1.807, 2.05) is 36.4 Å². The molecule has 3 aromatic carbocycles. The summed E-state index contributed by atoms with van der Waals surface area (Å²) in [5.41, 5.74) is 3.19. The second kappa shape index (κ2) is 5.04. The van der Waals surface area contributed by atoms with Gasteiger partial charge in [-0.1, -0.05) is 48.0 Å². The first-order chi connectivity index (χ1) is 9.26. The molecule has 0 aliphatic carbocycles. The number of aliphatic hydroxyl groups is 1. The molecule has 3 aromatic rings. The Hall–Kier alpha value is -1.83. The van der Waals surface area contributed by atoms with Gasteiger partial charge in [-0.15, -0.1) is 0 Å². The number of rotatable bonds is 2. The van der Waals surface area contributed by atoms with Crippen molar-refractivity contribution in [1.29, 1.82) is 0 Å². The summed E-state index contributed by atoms with van der Waals surface area (Å²) in [5.74, 6) is 0. The molecule has 1 nitrogen and oxygen atoms in total. The van der Waals surface area contributed by atoms with E-state index in [9.17, 15) is 0 Å². The van der Waals surface area contributed by atoms with Gasteiger partial charge in [0.25, 0.3) is 0 Å². The minimum atomic E-state index is 0.0754. The van der Waals surface area contributed by atoms with Crippen LogP contribution in [0.5, 0.6) is 0 Å². The van der Waals surface area contributed by atoms with Gasteiger partial charge in [0.1, 0.15) is 0 Å². The monoisotopic (exact) mass is 268 g/mol. The molecule has 0 saturated carbocycles. The first-order valence-corrected chi connectivity index (χ1v) is 6.53. The fourth-order valence-corrected chi connectivity index (χ4v) is 2.43. The van der Waals surface area contributed by atoms with Crippen molar-refractivity contribution < 1.29 is 5.11 Å². The van der Waals surface area contributed by atoms with Crippen LogP contribution in [0.2, 0.25) is 5.02 Å². The molecule has 0 atom stereocenters. The van der Waals surface area contributed by atoms with E-state index in [4.69, 9.17) is 16.7 Å². The molecule has 0 fully saturated rings. The third-order valence-electron chi connectivity index (χ3n) is 3.25. The van der Waals surface area contributed by atoms with Gasteiger partial charge < -0.3 is 5.11 Å². The molecule has 0 aliphatic rings. The van der Waals surface area contributed by atoms with Gasteiger partial charge in [0.15, 0.2) is 0 Å². The van der Waals surface area contributed by atoms with E-state index in [0.29, 0.717) is 0 Å². The summed E-state index contributed by atoms with van der Waals surface area (Å²) in [7, 11) is 0. The first-order valence-electron chi connectivity index (χ1n) is 6.16. The highest BCUT2D eigenvalue weighted by atomic mass is 35.5. The summed E-state index contributed by atoms with van der Waals surface area (Å²) >= 11 is 6.02. The molecule has 3 rings (SSSR count). The van der Waals surface area contributed by atoms with Crippen LogP contribution in [0.25, 0.3) is 21.9 Å². The van der Waals surface area contributed by atoms with Gasteiger partial charge in [0.2, 0.25) is 0 Å². The third-order valence-corrected chi connectivity index (χ3v) is 3.48. The molecule has 0 bridgehead atoms. The Morgan fingerprint density at radius 2 is 1.53 bits per heavy atom. The predicted octanol–water partition coefficient (Wildman–Crippen LogP) is 4.65. The molecular formula is C17H13ClO. The lowest BCUT2D eigenvalue weighted by Gasteiger charge is -2.06. The van der Waals surface area contributed by atoms with E-state index >= 15 is 0 Å². The zero-order valence-electron chi connectivity index (χ0n) is 10.3. The molecule has 0 heterocycles. The maximum Gasteiger partial charge on any atom is 0.0682 e. The van der Waals surface area contributed by atoms with Gasteiger partial charge in [-0.25, -0.2) is 0 Å². The van der Waals surface area contributed by atoms with E-state index in [2.05, 4.69) is 24.3 Å². The molecule has 0 unspecified atom stereocenters. The number of halogens is 1. The molecular weight excluding hydrogens is 256 g/mol. The molecule has 94 valence electrons. The number of benzene rings is 3. The molecule has 19 heavy (non-hydrogen) atoms. The fraction of sp³-hybridized carbons (Fsp3) is 0.0588. The Kier molecular flexibility index (Phi) is 3.24. The van der Waals surface area contributed by atoms with Crippen LogP contribution in [0, 0.1) is 0 Å². The summed E-state index contributed by atoms with van der Waals surface area (Å²) in [6.07, 6.45) is 0. The topological polar surface area (TPSA) is 20.2 Å². The van der Waals surface area contributed by atoms with Crippen LogP contribution >= 0.6 is 11.6 Å². The van der Waals surface area contributed by atoms with Crippen molar-refractivity contribution in [3.05, 3.63) is 71.2 Å². The third kappa shape index (κ3) is 2.48. The van der Waals surface area contributed by atoms with Gasteiger partial charge in [0.05, 0.1) is 6.61 Å². The van der Waals surface area contributed by atoms with Crippen molar-refractivity contribution >= 4 is 22.4 Å². The number of aliphatic hydroxyl groups excluding tert-OH is 1. The molecule has 0 spiro atoms. The average molecular weight is 269 g/mol. The molecule has 0 saturated heterocycles. The Bertz CT molecular complexity index is 734. The molecule has 1 N–H and O–H groups in total. The van der Waals surface area contributed by atoms with E-state index < -0.39 is 0 Å². The number of hydrogen-bond acceptors (Lipinski definition) is 1. The standard InChI is InChI=1S/C17H13ClO/c18-17-3-1-2-13(10-17)16-7-6-14-8-12(11-19)4-5-15(14)9-16/h1-10,19H,11H2. The van der Waals surface area contributed by atoms with Crippen molar-refractivity contribution in [2.24, 2.45) is 0 Å². The van der Waals surface area contributed by atoms with Crippen molar-refractivity contribution in [3.8, 4) is 11.1 Å². The summed E-state index contributed by atoms with van der Waals surface area (Å²) in [6, 6.07) is 20.1. The van der Waals surface area contributed by atoms with Crippen LogP contribution in [0.4, 0.5) is 0 Å². The number of hydrogen-bond donors (Lipinski definition) is 1. The largest absolute Gasteiger partial charge is 0.392 e. The molecule has 0 amide bonds. The van der Waals surface area contributed by atoms with Crippen LogP contribution in [-0.2, 0) is 6.61 Å². The van der Waals surface area contributed by atoms with Crippen LogP contribution in [0.3, 0.4) is 0 Å². The average Bonchev–Trinajstić information content (AvgIpc) is 2.46. The zero-order valence-corrected chi connectivity index (χ0v) is 11.1. The summed E-state index contributed by atoms with van der Waals surface area (Å²) in [5, 5.41) is 12.2. The quantitative estimate of drug-likeness (QED) is 0.717. The SMILES string of the molecule is OCc1ccc2cc(-c3cccc(Cl)c3)ccc2c1. The lowest BCUT2D eigenvalue weighted by Crippen LogP contribution is -1.84. The Labute approximate surface area is 117 Å². The minimum absolute atomic E-state index is 0.0754. The van der Waals surface area contributed by atoms with Crippen LogP contribution in [-0.4, -0.2) is 5.11 Å². The Morgan fingerprint density at radius 3 is 2.32 bits per heavy atom. The second-order valence-corrected chi connectivity index (χ2v) is 5.00. The van der Waals surface area contributed by atoms with Crippen LogP contribution in [0.1, 0.15) is 5.56 Å². The van der Waals surface area contributed by atoms with E-state index in [-0.39, 0.29) is 6.61 Å². The highest BCUT2D eigenvalue weighted by Gasteiger charge is 2.01. The van der Waals surface area contributed by atoms with Gasteiger partial charge in [-0.05, 0) is 51.7 Å². The molecule has 0 radical (unpaired) electrons. The normalized spacial score (nSPS) is 10.8. The smallest absolute Gasteiger partial charge is 0.0682 e. The lowest BCUT2D eigenvalue weighted by atomic mass is 10.0. The Morgan fingerprint density at radius 1 is 0.789 bits per heavy atom. The van der Waals surface area contributed by atoms with Crippen LogP contribution in [0.15, 0.2) is 60.7 Å². The van der Waals surface area contributed by atoms with E-state index in [1.54, 1.807) is 0 Å². The Balaban J connectivity index is 2.11. The summed E-state index contributed by atoms with van der Waals surface area (Å²) < 4.78 is 0. The van der Waals surface area contributed by atoms with E-state index in [1.165, 1.54) is 0 Å². The van der Waals surface area contributed by atoms with Crippen molar-refractivity contribution in [2.45, 2.75) is 6.61 Å². The van der Waals surface area contributed by atoms with Crippen LogP contribution < -0.4 is 0 Å². The fourth-order valence-electron chi connectivity index (χ4n) is 2.24. The van der Waals surface area contributed by atoms with Gasteiger partial charge in [-0.2, -0.15) is 0 Å². The maximum absolute atomic E-state index is 9.15. The highest BCUT2D eigenvalue weighted by molar-refractivity contribution is 6.30.